The summed E-state index contributed by atoms with van der Waals surface area (Å²) in [6.45, 7) is 10.6. The van der Waals surface area contributed by atoms with E-state index in [1.807, 2.05) is 0 Å². The normalized spacial score (nSPS) is 23.0. The molecule has 2 nitrogen and oxygen atoms in total. The van der Waals surface area contributed by atoms with Crippen molar-refractivity contribution in [1.82, 2.24) is 10.2 Å². The molecule has 0 radical (unpaired) electrons. The Hall–Kier alpha value is -0.380. The van der Waals surface area contributed by atoms with E-state index in [4.69, 9.17) is 0 Å². The molecule has 1 aromatic rings. The molecule has 1 fully saturated rings. The molecule has 2 rings (SSSR count). The highest BCUT2D eigenvalue weighted by molar-refractivity contribution is 9.10. The van der Waals surface area contributed by atoms with E-state index in [0.717, 1.165) is 16.8 Å². The molecule has 0 spiro atoms. The first-order valence-electron chi connectivity index (χ1n) is 8.37. The maximum atomic E-state index is 3.87. The van der Waals surface area contributed by atoms with Gasteiger partial charge < -0.3 is 10.2 Å². The minimum atomic E-state index is 0.463. The van der Waals surface area contributed by atoms with Crippen LogP contribution in [0.3, 0.4) is 0 Å². The quantitative estimate of drug-likeness (QED) is 0.803. The highest BCUT2D eigenvalue weighted by Gasteiger charge is 2.25. The molecule has 1 saturated heterocycles. The molecule has 0 bridgehead atoms. The number of rotatable bonds is 6. The Bertz CT molecular complexity index is 418. The zero-order chi connectivity index (χ0) is 15.2. The number of piperidine rings is 1. The summed E-state index contributed by atoms with van der Waals surface area (Å²) in [7, 11) is 0. The first-order valence-corrected chi connectivity index (χ1v) is 9.17. The third-order valence-corrected chi connectivity index (χ3v) is 5.37. The van der Waals surface area contributed by atoms with E-state index in [-0.39, 0.29) is 0 Å². The van der Waals surface area contributed by atoms with Crippen molar-refractivity contribution in [2.75, 3.05) is 19.6 Å². The van der Waals surface area contributed by atoms with Crippen molar-refractivity contribution in [3.8, 4) is 0 Å². The average Bonchev–Trinajstić information content (AvgIpc) is 2.53. The van der Waals surface area contributed by atoms with Gasteiger partial charge in [-0.15, -0.1) is 0 Å². The lowest BCUT2D eigenvalue weighted by Crippen LogP contribution is -2.45. The molecule has 0 amide bonds. The summed E-state index contributed by atoms with van der Waals surface area (Å²) in [6.07, 6.45) is 3.84. The van der Waals surface area contributed by atoms with Gasteiger partial charge in [0.05, 0.1) is 0 Å². The maximum Gasteiger partial charge on any atom is 0.0320 e. The minimum Gasteiger partial charge on any atom is -0.307 e. The van der Waals surface area contributed by atoms with E-state index in [1.165, 1.54) is 38.0 Å². The molecule has 0 aromatic heterocycles. The molecule has 3 atom stereocenters. The molecule has 118 valence electrons. The third-order valence-electron chi connectivity index (χ3n) is 4.84. The average molecular weight is 353 g/mol. The van der Waals surface area contributed by atoms with Crippen molar-refractivity contribution in [3.05, 3.63) is 34.3 Å². The lowest BCUT2D eigenvalue weighted by atomic mass is 9.90. The molecule has 21 heavy (non-hydrogen) atoms. The van der Waals surface area contributed by atoms with Crippen molar-refractivity contribution in [2.45, 2.75) is 52.1 Å². The molecule has 1 aliphatic rings. The molecule has 1 N–H and O–H groups in total. The smallest absolute Gasteiger partial charge is 0.0320 e. The van der Waals surface area contributed by atoms with Gasteiger partial charge in [0.2, 0.25) is 0 Å². The standard InChI is InChI=1S/C18H29BrN2/c1-4-18(15-8-10-17(19)11-9-15)20-14(3)16-7-6-12-21(5-2)13-16/h8-11,14,16,18,20H,4-7,12-13H2,1-3H3. The Morgan fingerprint density at radius 2 is 2.00 bits per heavy atom. The maximum absolute atomic E-state index is 3.87. The lowest BCUT2D eigenvalue weighted by molar-refractivity contribution is 0.152. The second-order valence-electron chi connectivity index (χ2n) is 6.26. The molecule has 1 aliphatic heterocycles. The van der Waals surface area contributed by atoms with E-state index in [9.17, 15) is 0 Å². The molecule has 3 heteroatoms. The summed E-state index contributed by atoms with van der Waals surface area (Å²) in [6, 6.07) is 9.79. The van der Waals surface area contributed by atoms with Crippen molar-refractivity contribution >= 4 is 15.9 Å². The van der Waals surface area contributed by atoms with Gasteiger partial charge in [-0.3, -0.25) is 0 Å². The fraction of sp³-hybridized carbons (Fsp3) is 0.667. The fourth-order valence-corrected chi connectivity index (χ4v) is 3.65. The number of benzene rings is 1. The van der Waals surface area contributed by atoms with Crippen molar-refractivity contribution in [3.63, 3.8) is 0 Å². The Labute approximate surface area is 138 Å². The number of likely N-dealkylation sites (tertiary alicyclic amines) is 1. The number of nitrogens with one attached hydrogen (secondary N) is 1. The Morgan fingerprint density at radius 1 is 1.29 bits per heavy atom. The molecular weight excluding hydrogens is 324 g/mol. The van der Waals surface area contributed by atoms with E-state index in [1.54, 1.807) is 0 Å². The van der Waals surface area contributed by atoms with Gasteiger partial charge in [-0.25, -0.2) is 0 Å². The summed E-state index contributed by atoms with van der Waals surface area (Å²) in [5.41, 5.74) is 1.40. The van der Waals surface area contributed by atoms with Gasteiger partial charge in [0, 0.05) is 23.1 Å². The highest BCUT2D eigenvalue weighted by Crippen LogP contribution is 2.24. The predicted octanol–water partition coefficient (Wildman–Crippen LogP) is 4.61. The number of hydrogen-bond acceptors (Lipinski definition) is 2. The summed E-state index contributed by atoms with van der Waals surface area (Å²) < 4.78 is 1.15. The van der Waals surface area contributed by atoms with E-state index >= 15 is 0 Å². The van der Waals surface area contributed by atoms with E-state index in [2.05, 4.69) is 71.2 Å². The van der Waals surface area contributed by atoms with Crippen LogP contribution in [0.1, 0.15) is 51.6 Å². The van der Waals surface area contributed by atoms with Gasteiger partial charge in [0.25, 0.3) is 0 Å². The van der Waals surface area contributed by atoms with Crippen LogP contribution in [0.15, 0.2) is 28.7 Å². The van der Waals surface area contributed by atoms with Crippen LogP contribution in [0.25, 0.3) is 0 Å². The molecule has 3 unspecified atom stereocenters. The van der Waals surface area contributed by atoms with Crippen molar-refractivity contribution in [2.24, 2.45) is 5.92 Å². The first kappa shape index (κ1) is 17.0. The first-order chi connectivity index (χ1) is 10.1. The van der Waals surface area contributed by atoms with Gasteiger partial charge in [-0.1, -0.05) is 41.9 Å². The van der Waals surface area contributed by atoms with E-state index in [0.29, 0.717) is 12.1 Å². The number of hydrogen-bond donors (Lipinski definition) is 1. The Kier molecular flexibility index (Phi) is 6.72. The lowest BCUT2D eigenvalue weighted by Gasteiger charge is -2.37. The fourth-order valence-electron chi connectivity index (χ4n) is 3.38. The van der Waals surface area contributed by atoms with Crippen molar-refractivity contribution < 1.29 is 0 Å². The zero-order valence-corrected chi connectivity index (χ0v) is 15.2. The molecule has 1 heterocycles. The molecule has 1 aromatic carbocycles. The van der Waals surface area contributed by atoms with Crippen molar-refractivity contribution in [1.29, 1.82) is 0 Å². The molecular formula is C18H29BrN2. The van der Waals surface area contributed by atoms with Crippen LogP contribution in [0, 0.1) is 5.92 Å². The molecule has 0 saturated carbocycles. The van der Waals surface area contributed by atoms with Gasteiger partial charge in [-0.2, -0.15) is 0 Å². The largest absolute Gasteiger partial charge is 0.307 e. The molecule has 0 aliphatic carbocycles. The third kappa shape index (κ3) is 4.80. The zero-order valence-electron chi connectivity index (χ0n) is 13.6. The van der Waals surface area contributed by atoms with Crippen LogP contribution in [0.2, 0.25) is 0 Å². The number of nitrogens with zero attached hydrogens (tertiary/aromatic N) is 1. The van der Waals surface area contributed by atoms with Gasteiger partial charge in [0.1, 0.15) is 0 Å². The Balaban J connectivity index is 1.95. The van der Waals surface area contributed by atoms with Gasteiger partial charge in [0.15, 0.2) is 0 Å². The predicted molar refractivity (Wildman–Crippen MR) is 94.6 cm³/mol. The summed E-state index contributed by atoms with van der Waals surface area (Å²) in [5, 5.41) is 3.87. The summed E-state index contributed by atoms with van der Waals surface area (Å²) in [4.78, 5) is 2.59. The number of halogens is 1. The van der Waals surface area contributed by atoms with Crippen LogP contribution in [0.4, 0.5) is 0 Å². The van der Waals surface area contributed by atoms with Crippen LogP contribution in [-0.2, 0) is 0 Å². The topological polar surface area (TPSA) is 15.3 Å². The second-order valence-corrected chi connectivity index (χ2v) is 7.18. The minimum absolute atomic E-state index is 0.463. The van der Waals surface area contributed by atoms with Gasteiger partial charge >= 0.3 is 0 Å². The van der Waals surface area contributed by atoms with Crippen LogP contribution in [-0.4, -0.2) is 30.6 Å². The SMILES string of the molecule is CCC(NC(C)C1CCCN(CC)C1)c1ccc(Br)cc1. The van der Waals surface area contributed by atoms with E-state index < -0.39 is 0 Å². The Morgan fingerprint density at radius 3 is 2.62 bits per heavy atom. The van der Waals surface area contributed by atoms with Gasteiger partial charge in [-0.05, 0) is 62.9 Å². The summed E-state index contributed by atoms with van der Waals surface area (Å²) >= 11 is 3.52. The van der Waals surface area contributed by atoms with Crippen LogP contribution in [0.5, 0.6) is 0 Å². The van der Waals surface area contributed by atoms with Crippen LogP contribution >= 0.6 is 15.9 Å². The summed E-state index contributed by atoms with van der Waals surface area (Å²) in [5.74, 6) is 0.781. The highest BCUT2D eigenvalue weighted by atomic mass is 79.9. The second kappa shape index (κ2) is 8.30. The van der Waals surface area contributed by atoms with Crippen LogP contribution < -0.4 is 5.32 Å². The monoisotopic (exact) mass is 352 g/mol.